The first-order valence-electron chi connectivity index (χ1n) is 10.9. The highest BCUT2D eigenvalue weighted by Gasteiger charge is 2.46. The van der Waals surface area contributed by atoms with Crippen molar-refractivity contribution in [3.63, 3.8) is 0 Å². The molecule has 0 radical (unpaired) electrons. The third kappa shape index (κ3) is 4.52. The fraction of sp³-hybridized carbons (Fsp3) is 0.360. The molecule has 1 fully saturated rings. The maximum absolute atomic E-state index is 13.1. The highest BCUT2D eigenvalue weighted by atomic mass is 16.6. The predicted octanol–water partition coefficient (Wildman–Crippen LogP) is 3.31. The molecule has 0 saturated carbocycles. The number of ether oxygens (including phenoxy) is 4. The number of benzene rings is 2. The van der Waals surface area contributed by atoms with E-state index in [9.17, 15) is 14.7 Å². The van der Waals surface area contributed by atoms with Gasteiger partial charge in [0.15, 0.2) is 11.5 Å². The van der Waals surface area contributed by atoms with E-state index in [4.69, 9.17) is 18.9 Å². The average molecular weight is 453 g/mol. The van der Waals surface area contributed by atoms with Gasteiger partial charge in [-0.1, -0.05) is 19.1 Å². The Morgan fingerprint density at radius 3 is 2.64 bits per heavy atom. The highest BCUT2D eigenvalue weighted by molar-refractivity contribution is 6.46. The fourth-order valence-corrected chi connectivity index (χ4v) is 3.99. The Labute approximate surface area is 192 Å². The highest BCUT2D eigenvalue weighted by Crippen LogP contribution is 2.41. The van der Waals surface area contributed by atoms with Crippen LogP contribution in [0.15, 0.2) is 48.0 Å². The van der Waals surface area contributed by atoms with E-state index in [0.29, 0.717) is 48.2 Å². The summed E-state index contributed by atoms with van der Waals surface area (Å²) in [4.78, 5) is 27.4. The first-order valence-corrected chi connectivity index (χ1v) is 10.9. The van der Waals surface area contributed by atoms with E-state index in [1.54, 1.807) is 30.3 Å². The normalized spacial score (nSPS) is 19.1. The molecule has 0 aromatic heterocycles. The Bertz CT molecular complexity index is 1080. The third-order valence-corrected chi connectivity index (χ3v) is 5.54. The molecule has 1 unspecified atom stereocenters. The summed E-state index contributed by atoms with van der Waals surface area (Å²) in [6, 6.07) is 11.4. The summed E-state index contributed by atoms with van der Waals surface area (Å²) >= 11 is 0. The predicted molar refractivity (Wildman–Crippen MR) is 121 cm³/mol. The summed E-state index contributed by atoms with van der Waals surface area (Å²) < 4.78 is 22.0. The van der Waals surface area contributed by atoms with Crippen molar-refractivity contribution in [1.29, 1.82) is 0 Å². The van der Waals surface area contributed by atoms with Gasteiger partial charge in [-0.2, -0.15) is 0 Å². The van der Waals surface area contributed by atoms with Crippen LogP contribution in [0.2, 0.25) is 0 Å². The molecule has 8 nitrogen and oxygen atoms in total. The molecule has 1 atom stereocenters. The molecule has 0 spiro atoms. The molecule has 0 aliphatic carbocycles. The van der Waals surface area contributed by atoms with Gasteiger partial charge in [-0.15, -0.1) is 0 Å². The molecule has 1 amide bonds. The first kappa shape index (κ1) is 22.7. The molecule has 0 bridgehead atoms. The molecule has 2 aromatic rings. The van der Waals surface area contributed by atoms with Crippen LogP contribution in [0.3, 0.4) is 0 Å². The van der Waals surface area contributed by atoms with Crippen molar-refractivity contribution in [2.24, 2.45) is 0 Å². The van der Waals surface area contributed by atoms with Crippen LogP contribution in [0, 0.1) is 0 Å². The van der Waals surface area contributed by atoms with Gasteiger partial charge in [-0.05, 0) is 42.3 Å². The largest absolute Gasteiger partial charge is 0.507 e. The topological polar surface area (TPSA) is 94.5 Å². The second-order valence-corrected chi connectivity index (χ2v) is 7.76. The quantitative estimate of drug-likeness (QED) is 0.372. The van der Waals surface area contributed by atoms with E-state index in [-0.39, 0.29) is 24.5 Å². The number of carbonyl (C=O) groups is 2. The number of carbonyl (C=O) groups excluding carboxylic acids is 2. The van der Waals surface area contributed by atoms with Crippen LogP contribution in [0.4, 0.5) is 0 Å². The molecular weight excluding hydrogens is 426 g/mol. The maximum atomic E-state index is 13.1. The molecule has 2 aliphatic heterocycles. The van der Waals surface area contributed by atoms with Crippen LogP contribution in [0.5, 0.6) is 17.2 Å². The summed E-state index contributed by atoms with van der Waals surface area (Å²) in [6.45, 7) is 3.84. The minimum Gasteiger partial charge on any atom is -0.507 e. The number of rotatable bonds is 8. The Morgan fingerprint density at radius 1 is 1.09 bits per heavy atom. The van der Waals surface area contributed by atoms with Crippen molar-refractivity contribution in [2.45, 2.75) is 19.4 Å². The lowest BCUT2D eigenvalue weighted by Gasteiger charge is -2.25. The van der Waals surface area contributed by atoms with E-state index in [1.807, 2.05) is 19.1 Å². The number of amides is 1. The number of ketones is 1. The Kier molecular flexibility index (Phi) is 6.84. The summed E-state index contributed by atoms with van der Waals surface area (Å²) in [6.07, 6.45) is 0.848. The lowest BCUT2D eigenvalue weighted by Crippen LogP contribution is -2.32. The van der Waals surface area contributed by atoms with Gasteiger partial charge in [0.25, 0.3) is 11.7 Å². The Morgan fingerprint density at radius 2 is 1.88 bits per heavy atom. The van der Waals surface area contributed by atoms with Crippen molar-refractivity contribution in [1.82, 2.24) is 4.90 Å². The summed E-state index contributed by atoms with van der Waals surface area (Å²) in [5.74, 6) is -0.0263. The zero-order valence-corrected chi connectivity index (χ0v) is 18.7. The van der Waals surface area contributed by atoms with Gasteiger partial charge in [-0.25, -0.2) is 0 Å². The molecule has 1 saturated heterocycles. The molecule has 1 N–H and O–H groups in total. The monoisotopic (exact) mass is 453 g/mol. The number of Topliss-reactive ketones (excluding diaryl/α,β-unsaturated/α-hetero) is 1. The van der Waals surface area contributed by atoms with Gasteiger partial charge >= 0.3 is 0 Å². The molecule has 2 aromatic carbocycles. The Hall–Kier alpha value is -3.52. The van der Waals surface area contributed by atoms with E-state index >= 15 is 0 Å². The van der Waals surface area contributed by atoms with Crippen LogP contribution < -0.4 is 14.2 Å². The molecule has 2 heterocycles. The third-order valence-electron chi connectivity index (χ3n) is 5.54. The van der Waals surface area contributed by atoms with Crippen molar-refractivity contribution < 1.29 is 33.6 Å². The minimum absolute atomic E-state index is 0.0143. The number of hydrogen-bond donors (Lipinski definition) is 1. The maximum Gasteiger partial charge on any atom is 0.295 e. The lowest BCUT2D eigenvalue weighted by atomic mass is 9.95. The van der Waals surface area contributed by atoms with Gasteiger partial charge in [0.05, 0.1) is 24.8 Å². The number of nitrogens with zero attached hydrogens (tertiary/aromatic N) is 1. The zero-order valence-electron chi connectivity index (χ0n) is 18.7. The van der Waals surface area contributed by atoms with Gasteiger partial charge in [0.2, 0.25) is 0 Å². The minimum atomic E-state index is -0.779. The van der Waals surface area contributed by atoms with Gasteiger partial charge in [-0.3, -0.25) is 9.59 Å². The number of aliphatic hydroxyl groups excluding tert-OH is 1. The lowest BCUT2D eigenvalue weighted by molar-refractivity contribution is -0.140. The number of fused-ring (bicyclic) bond motifs is 1. The summed E-state index contributed by atoms with van der Waals surface area (Å²) in [7, 11) is 1.53. The molecule has 8 heteroatoms. The van der Waals surface area contributed by atoms with Crippen molar-refractivity contribution in [3.8, 4) is 17.2 Å². The van der Waals surface area contributed by atoms with E-state index in [0.717, 1.165) is 6.42 Å². The number of aliphatic hydroxyl groups is 1. The number of likely N-dealkylation sites (tertiary alicyclic amines) is 1. The van der Waals surface area contributed by atoms with E-state index in [2.05, 4.69) is 0 Å². The second-order valence-electron chi connectivity index (χ2n) is 7.76. The number of hydrogen-bond acceptors (Lipinski definition) is 7. The van der Waals surface area contributed by atoms with Crippen LogP contribution in [-0.4, -0.2) is 61.8 Å². The zero-order chi connectivity index (χ0) is 23.4. The molecule has 174 valence electrons. The summed E-state index contributed by atoms with van der Waals surface area (Å²) in [5.41, 5.74) is 1.05. The second kappa shape index (κ2) is 9.95. The molecule has 2 aliphatic rings. The van der Waals surface area contributed by atoms with Crippen molar-refractivity contribution in [2.75, 3.05) is 40.1 Å². The van der Waals surface area contributed by atoms with Gasteiger partial charge < -0.3 is 29.0 Å². The van der Waals surface area contributed by atoms with Crippen molar-refractivity contribution in [3.05, 3.63) is 59.2 Å². The Balaban J connectivity index is 1.80. The average Bonchev–Trinajstić information content (AvgIpc) is 3.10. The van der Waals surface area contributed by atoms with Crippen LogP contribution in [0.1, 0.15) is 30.5 Å². The van der Waals surface area contributed by atoms with Crippen molar-refractivity contribution >= 4 is 17.4 Å². The van der Waals surface area contributed by atoms with Gasteiger partial charge in [0, 0.05) is 19.2 Å². The standard InChI is InChI=1S/C25H27NO7/c1-3-10-31-18-6-4-5-16(14-18)22-21(24(28)25(29)26(22)9-11-30-2)23(27)17-7-8-19-20(15-17)33-13-12-32-19/h4-8,14-15,22,27H,3,9-13H2,1-2H3. The van der Waals surface area contributed by atoms with E-state index < -0.39 is 17.7 Å². The number of methoxy groups -OCH3 is 1. The van der Waals surface area contributed by atoms with E-state index in [1.165, 1.54) is 12.0 Å². The van der Waals surface area contributed by atoms with Gasteiger partial charge in [0.1, 0.15) is 24.7 Å². The van der Waals surface area contributed by atoms with Crippen LogP contribution >= 0.6 is 0 Å². The van der Waals surface area contributed by atoms with Crippen LogP contribution in [0.25, 0.3) is 5.76 Å². The molecule has 33 heavy (non-hydrogen) atoms. The smallest absolute Gasteiger partial charge is 0.295 e. The summed E-state index contributed by atoms with van der Waals surface area (Å²) in [5, 5.41) is 11.2. The first-order chi connectivity index (χ1) is 16.0. The molecular formula is C25H27NO7. The van der Waals surface area contributed by atoms with Crippen LogP contribution in [-0.2, 0) is 14.3 Å². The SMILES string of the molecule is CCCOc1cccc(C2C(=C(O)c3ccc4c(c3)OCCO4)C(=O)C(=O)N2CCOC)c1. The molecule has 4 rings (SSSR count). The fourth-order valence-electron chi connectivity index (χ4n) is 3.99.